The molecule has 0 spiro atoms. The van der Waals surface area contributed by atoms with E-state index >= 15 is 0 Å². The zero-order valence-electron chi connectivity index (χ0n) is 8.87. The van der Waals surface area contributed by atoms with Crippen LogP contribution in [0.15, 0.2) is 18.2 Å². The first kappa shape index (κ1) is 11.9. The van der Waals surface area contributed by atoms with E-state index in [0.717, 1.165) is 12.8 Å². The third-order valence-corrected chi connectivity index (χ3v) is 2.32. The van der Waals surface area contributed by atoms with Crippen LogP contribution in [0.1, 0.15) is 24.4 Å². The van der Waals surface area contributed by atoms with Gasteiger partial charge in [-0.1, -0.05) is 12.1 Å². The summed E-state index contributed by atoms with van der Waals surface area (Å²) in [6.45, 7) is 0.589. The van der Waals surface area contributed by atoms with Crippen LogP contribution in [0.25, 0.3) is 0 Å². The van der Waals surface area contributed by atoms with Crippen LogP contribution < -0.4 is 16.2 Å². The largest absolute Gasteiger partial charge is 0.493 e. The van der Waals surface area contributed by atoms with Gasteiger partial charge in [-0.15, -0.1) is 0 Å². The number of rotatable bonds is 5. The lowest BCUT2D eigenvalue weighted by Crippen LogP contribution is -2.14. The molecule has 1 aromatic rings. The maximum atomic E-state index is 13.3. The summed E-state index contributed by atoms with van der Waals surface area (Å²) in [7, 11) is 1.44. The first-order valence-corrected chi connectivity index (χ1v) is 4.98. The van der Waals surface area contributed by atoms with E-state index in [1.807, 2.05) is 0 Å². The van der Waals surface area contributed by atoms with E-state index in [1.54, 1.807) is 12.1 Å². The van der Waals surface area contributed by atoms with Crippen molar-refractivity contribution in [3.8, 4) is 5.75 Å². The van der Waals surface area contributed by atoms with Crippen molar-refractivity contribution in [2.45, 2.75) is 18.9 Å². The van der Waals surface area contributed by atoms with Crippen LogP contribution >= 0.6 is 0 Å². The van der Waals surface area contributed by atoms with Crippen molar-refractivity contribution in [1.29, 1.82) is 0 Å². The highest BCUT2D eigenvalue weighted by Crippen LogP contribution is 2.28. The molecule has 1 rings (SSSR count). The molecule has 0 heterocycles. The van der Waals surface area contributed by atoms with Crippen LogP contribution in [0.3, 0.4) is 0 Å². The van der Waals surface area contributed by atoms with Crippen molar-refractivity contribution in [2.24, 2.45) is 11.5 Å². The van der Waals surface area contributed by atoms with Gasteiger partial charge in [0.2, 0.25) is 0 Å². The maximum Gasteiger partial charge on any atom is 0.165 e. The van der Waals surface area contributed by atoms with Gasteiger partial charge in [-0.3, -0.25) is 0 Å². The monoisotopic (exact) mass is 212 g/mol. The highest BCUT2D eigenvalue weighted by atomic mass is 19.1. The predicted octanol–water partition coefficient (Wildman–Crippen LogP) is 1.57. The minimum Gasteiger partial charge on any atom is -0.493 e. The molecule has 0 fully saturated rings. The van der Waals surface area contributed by atoms with Crippen molar-refractivity contribution < 1.29 is 9.13 Å². The van der Waals surface area contributed by atoms with E-state index in [1.165, 1.54) is 13.2 Å². The molecular formula is C11H17FN2O. The van der Waals surface area contributed by atoms with E-state index in [-0.39, 0.29) is 17.6 Å². The summed E-state index contributed by atoms with van der Waals surface area (Å²) in [5.41, 5.74) is 12.0. The molecule has 0 saturated carbocycles. The fourth-order valence-corrected chi connectivity index (χ4v) is 1.53. The van der Waals surface area contributed by atoms with E-state index in [0.29, 0.717) is 12.1 Å². The normalized spacial score (nSPS) is 12.5. The van der Waals surface area contributed by atoms with Crippen LogP contribution in [-0.4, -0.2) is 13.7 Å². The zero-order chi connectivity index (χ0) is 11.3. The van der Waals surface area contributed by atoms with Crippen LogP contribution in [0.2, 0.25) is 0 Å². The number of para-hydroxylation sites is 1. The molecule has 15 heavy (non-hydrogen) atoms. The first-order valence-electron chi connectivity index (χ1n) is 4.98. The van der Waals surface area contributed by atoms with Gasteiger partial charge in [0.1, 0.15) is 0 Å². The van der Waals surface area contributed by atoms with Gasteiger partial charge >= 0.3 is 0 Å². The smallest absolute Gasteiger partial charge is 0.165 e. The standard InChI is InChI=1S/C11H17FN2O/c1-15-11-8(4-2-5-9(11)12)10(14)6-3-7-13/h2,4-5,10H,3,6-7,13-14H2,1H3/t10-/m1/s1. The molecule has 0 aliphatic heterocycles. The summed E-state index contributed by atoms with van der Waals surface area (Å²) in [4.78, 5) is 0. The number of halogens is 1. The average Bonchev–Trinajstić information content (AvgIpc) is 2.25. The molecule has 3 nitrogen and oxygen atoms in total. The number of ether oxygens (including phenoxy) is 1. The molecule has 1 aromatic carbocycles. The fourth-order valence-electron chi connectivity index (χ4n) is 1.53. The lowest BCUT2D eigenvalue weighted by molar-refractivity contribution is 0.376. The molecule has 84 valence electrons. The molecule has 0 aromatic heterocycles. The number of hydrogen-bond donors (Lipinski definition) is 2. The second kappa shape index (κ2) is 5.68. The minimum atomic E-state index is -0.377. The first-order chi connectivity index (χ1) is 7.20. The molecule has 0 amide bonds. The Labute approximate surface area is 89.2 Å². The lowest BCUT2D eigenvalue weighted by atomic mass is 10.0. The van der Waals surface area contributed by atoms with Crippen molar-refractivity contribution >= 4 is 0 Å². The van der Waals surface area contributed by atoms with Gasteiger partial charge < -0.3 is 16.2 Å². The van der Waals surface area contributed by atoms with E-state index in [2.05, 4.69) is 0 Å². The number of benzene rings is 1. The highest BCUT2D eigenvalue weighted by molar-refractivity contribution is 5.37. The highest BCUT2D eigenvalue weighted by Gasteiger charge is 2.14. The van der Waals surface area contributed by atoms with Crippen molar-refractivity contribution in [3.63, 3.8) is 0 Å². The number of hydrogen-bond acceptors (Lipinski definition) is 3. The van der Waals surface area contributed by atoms with Crippen LogP contribution in [0.4, 0.5) is 4.39 Å². The Morgan fingerprint density at radius 2 is 2.20 bits per heavy atom. The summed E-state index contributed by atoms with van der Waals surface area (Å²) in [5.74, 6) is -0.139. The molecule has 4 N–H and O–H groups in total. The Morgan fingerprint density at radius 1 is 1.47 bits per heavy atom. The molecule has 0 bridgehead atoms. The number of nitrogens with two attached hydrogens (primary N) is 2. The Kier molecular flexibility index (Phi) is 4.52. The average molecular weight is 212 g/mol. The summed E-state index contributed by atoms with van der Waals surface area (Å²) in [5, 5.41) is 0. The van der Waals surface area contributed by atoms with Crippen LogP contribution in [0.5, 0.6) is 5.75 Å². The topological polar surface area (TPSA) is 61.3 Å². The van der Waals surface area contributed by atoms with Gasteiger partial charge in [0.15, 0.2) is 11.6 Å². The number of methoxy groups -OCH3 is 1. The van der Waals surface area contributed by atoms with E-state index in [9.17, 15) is 4.39 Å². The zero-order valence-corrected chi connectivity index (χ0v) is 8.87. The summed E-state index contributed by atoms with van der Waals surface area (Å²) in [6.07, 6.45) is 1.55. The third-order valence-electron chi connectivity index (χ3n) is 2.32. The Balaban J connectivity index is 2.87. The Bertz CT molecular complexity index is 317. The molecule has 0 aliphatic carbocycles. The van der Waals surface area contributed by atoms with Gasteiger partial charge in [-0.2, -0.15) is 0 Å². The Hall–Kier alpha value is -1.13. The molecule has 0 unspecified atom stereocenters. The lowest BCUT2D eigenvalue weighted by Gasteiger charge is -2.15. The quantitative estimate of drug-likeness (QED) is 0.778. The maximum absolute atomic E-state index is 13.3. The summed E-state index contributed by atoms with van der Waals surface area (Å²) in [6, 6.07) is 4.55. The molecule has 0 saturated heterocycles. The molecule has 4 heteroatoms. The van der Waals surface area contributed by atoms with Crippen LogP contribution in [0, 0.1) is 5.82 Å². The van der Waals surface area contributed by atoms with E-state index < -0.39 is 0 Å². The molecule has 1 atom stereocenters. The fraction of sp³-hybridized carbons (Fsp3) is 0.455. The second-order valence-electron chi connectivity index (χ2n) is 3.40. The Morgan fingerprint density at radius 3 is 2.80 bits per heavy atom. The third kappa shape index (κ3) is 2.91. The predicted molar refractivity (Wildman–Crippen MR) is 58.2 cm³/mol. The van der Waals surface area contributed by atoms with Crippen molar-refractivity contribution in [1.82, 2.24) is 0 Å². The van der Waals surface area contributed by atoms with Crippen molar-refractivity contribution in [2.75, 3.05) is 13.7 Å². The van der Waals surface area contributed by atoms with Crippen LogP contribution in [-0.2, 0) is 0 Å². The SMILES string of the molecule is COc1c(F)cccc1[C@H](N)CCCN. The van der Waals surface area contributed by atoms with Gasteiger partial charge in [0, 0.05) is 11.6 Å². The molecule has 0 radical (unpaired) electrons. The summed E-state index contributed by atoms with van der Waals surface area (Å²) >= 11 is 0. The van der Waals surface area contributed by atoms with Gasteiger partial charge in [0.05, 0.1) is 7.11 Å². The van der Waals surface area contributed by atoms with E-state index in [4.69, 9.17) is 16.2 Å². The second-order valence-corrected chi connectivity index (χ2v) is 3.40. The minimum absolute atomic E-state index is 0.223. The van der Waals surface area contributed by atoms with Gasteiger partial charge in [-0.05, 0) is 25.5 Å². The molecular weight excluding hydrogens is 195 g/mol. The van der Waals surface area contributed by atoms with Gasteiger partial charge in [-0.25, -0.2) is 4.39 Å². The summed E-state index contributed by atoms with van der Waals surface area (Å²) < 4.78 is 18.3. The van der Waals surface area contributed by atoms with Crippen molar-refractivity contribution in [3.05, 3.63) is 29.6 Å². The molecule has 0 aliphatic rings. The van der Waals surface area contributed by atoms with Gasteiger partial charge in [0.25, 0.3) is 0 Å².